The molecule has 0 aromatic rings. The highest BCUT2D eigenvalue weighted by atomic mass is 16.3. The monoisotopic (exact) mass is 280 g/mol. The Bertz CT molecular complexity index is 341. The highest BCUT2D eigenvalue weighted by molar-refractivity contribution is 5.03. The molecule has 1 N–H and O–H groups in total. The third kappa shape index (κ3) is 2.42. The molecule has 0 aliphatic carbocycles. The van der Waals surface area contributed by atoms with Crippen molar-refractivity contribution in [1.29, 1.82) is 0 Å². The van der Waals surface area contributed by atoms with Crippen LogP contribution >= 0.6 is 0 Å². The van der Waals surface area contributed by atoms with Crippen molar-refractivity contribution in [2.75, 3.05) is 13.1 Å². The molecule has 3 nitrogen and oxygen atoms in total. The van der Waals surface area contributed by atoms with Gasteiger partial charge in [-0.1, -0.05) is 0 Å². The Hall–Kier alpha value is -0.120. The zero-order valence-electron chi connectivity index (χ0n) is 13.7. The van der Waals surface area contributed by atoms with Crippen molar-refractivity contribution < 1.29 is 5.11 Å². The summed E-state index contributed by atoms with van der Waals surface area (Å²) >= 11 is 0. The van der Waals surface area contributed by atoms with Gasteiger partial charge < -0.3 is 5.11 Å². The number of rotatable bonds is 3. The third-order valence-corrected chi connectivity index (χ3v) is 6.36. The molecule has 3 aliphatic rings. The van der Waals surface area contributed by atoms with Gasteiger partial charge in [0.2, 0.25) is 0 Å². The highest BCUT2D eigenvalue weighted by Crippen LogP contribution is 2.45. The van der Waals surface area contributed by atoms with E-state index in [0.717, 1.165) is 37.5 Å². The maximum Gasteiger partial charge on any atom is 0.0679 e. The molecule has 0 aromatic carbocycles. The number of aliphatic hydroxyl groups excluding tert-OH is 1. The molecular formula is C17H32N2O. The molecule has 0 amide bonds. The highest BCUT2D eigenvalue weighted by Gasteiger charge is 2.48. The number of β-amino-alcohol motifs (C(OH)–C–C–N with tert-alkyl or cyclic N) is 1. The summed E-state index contributed by atoms with van der Waals surface area (Å²) < 4.78 is 0. The quantitative estimate of drug-likeness (QED) is 0.860. The van der Waals surface area contributed by atoms with Crippen LogP contribution in [0.5, 0.6) is 0 Å². The van der Waals surface area contributed by atoms with E-state index in [0.29, 0.717) is 6.04 Å². The summed E-state index contributed by atoms with van der Waals surface area (Å²) in [6.07, 6.45) is 6.38. The zero-order valence-corrected chi connectivity index (χ0v) is 13.7. The number of hydrogen-bond donors (Lipinski definition) is 1. The van der Waals surface area contributed by atoms with Crippen molar-refractivity contribution in [3.63, 3.8) is 0 Å². The Balaban J connectivity index is 1.70. The minimum absolute atomic E-state index is 0.0956. The van der Waals surface area contributed by atoms with E-state index in [-0.39, 0.29) is 11.6 Å². The molecule has 0 spiro atoms. The summed E-state index contributed by atoms with van der Waals surface area (Å²) in [6.45, 7) is 11.5. The lowest BCUT2D eigenvalue weighted by atomic mass is 9.76. The molecule has 3 aliphatic heterocycles. The SMILES string of the molecule is CC(C)N1C2CCC1CC(C(C)(C)N1CCC(O)C1)C2. The Morgan fingerprint density at radius 1 is 1.05 bits per heavy atom. The first-order chi connectivity index (χ1) is 9.39. The fraction of sp³-hybridized carbons (Fsp3) is 1.00. The van der Waals surface area contributed by atoms with Crippen molar-refractivity contribution in [3.05, 3.63) is 0 Å². The number of aliphatic hydroxyl groups is 1. The van der Waals surface area contributed by atoms with Gasteiger partial charge >= 0.3 is 0 Å². The second kappa shape index (κ2) is 5.26. The summed E-state index contributed by atoms with van der Waals surface area (Å²) in [6, 6.07) is 2.32. The van der Waals surface area contributed by atoms with Crippen LogP contribution in [0.15, 0.2) is 0 Å². The van der Waals surface area contributed by atoms with Crippen molar-refractivity contribution in [3.8, 4) is 0 Å². The van der Waals surface area contributed by atoms with Crippen LogP contribution in [-0.2, 0) is 0 Å². The van der Waals surface area contributed by atoms with Gasteiger partial charge in [-0.15, -0.1) is 0 Å². The van der Waals surface area contributed by atoms with Gasteiger partial charge in [-0.05, 0) is 65.7 Å². The molecule has 3 atom stereocenters. The van der Waals surface area contributed by atoms with Crippen molar-refractivity contribution >= 4 is 0 Å². The van der Waals surface area contributed by atoms with E-state index in [1.165, 1.54) is 25.7 Å². The Labute approximate surface area is 124 Å². The van der Waals surface area contributed by atoms with E-state index in [9.17, 15) is 5.11 Å². The van der Waals surface area contributed by atoms with Gasteiger partial charge in [-0.3, -0.25) is 9.80 Å². The first-order valence-corrected chi connectivity index (χ1v) is 8.60. The van der Waals surface area contributed by atoms with Crippen LogP contribution in [0.3, 0.4) is 0 Å². The van der Waals surface area contributed by atoms with Crippen LogP contribution in [0.2, 0.25) is 0 Å². The Morgan fingerprint density at radius 2 is 1.65 bits per heavy atom. The van der Waals surface area contributed by atoms with E-state index in [1.54, 1.807) is 0 Å². The van der Waals surface area contributed by atoms with E-state index in [2.05, 4.69) is 37.5 Å². The molecule has 20 heavy (non-hydrogen) atoms. The summed E-state index contributed by atoms with van der Waals surface area (Å²) in [7, 11) is 0. The first-order valence-electron chi connectivity index (χ1n) is 8.60. The predicted octanol–water partition coefficient (Wildman–Crippen LogP) is 2.48. The summed E-state index contributed by atoms with van der Waals surface area (Å²) in [5, 5.41) is 9.84. The molecular weight excluding hydrogens is 248 g/mol. The fourth-order valence-electron chi connectivity index (χ4n) is 5.16. The molecule has 0 radical (unpaired) electrons. The van der Waals surface area contributed by atoms with Crippen molar-refractivity contribution in [1.82, 2.24) is 9.80 Å². The molecule has 3 heterocycles. The second-order valence-corrected chi connectivity index (χ2v) is 8.14. The van der Waals surface area contributed by atoms with Gasteiger partial charge in [0, 0.05) is 36.8 Å². The largest absolute Gasteiger partial charge is 0.392 e. The molecule has 3 rings (SSSR count). The maximum atomic E-state index is 9.84. The number of fused-ring (bicyclic) bond motifs is 2. The Kier molecular flexibility index (Phi) is 3.89. The Morgan fingerprint density at radius 3 is 2.10 bits per heavy atom. The van der Waals surface area contributed by atoms with Gasteiger partial charge in [0.15, 0.2) is 0 Å². The molecule has 3 fully saturated rings. The summed E-state index contributed by atoms with van der Waals surface area (Å²) in [5.41, 5.74) is 0.251. The van der Waals surface area contributed by atoms with Crippen LogP contribution in [0.25, 0.3) is 0 Å². The maximum absolute atomic E-state index is 9.84. The molecule has 0 saturated carbocycles. The van der Waals surface area contributed by atoms with Crippen LogP contribution in [0.1, 0.15) is 59.8 Å². The minimum Gasteiger partial charge on any atom is -0.392 e. The average molecular weight is 280 g/mol. The lowest BCUT2D eigenvalue weighted by Crippen LogP contribution is -2.55. The van der Waals surface area contributed by atoms with Crippen molar-refractivity contribution in [2.24, 2.45) is 5.92 Å². The zero-order chi connectivity index (χ0) is 14.5. The average Bonchev–Trinajstić information content (AvgIpc) is 2.92. The van der Waals surface area contributed by atoms with E-state index < -0.39 is 0 Å². The molecule has 2 bridgehead atoms. The standard InChI is InChI=1S/C17H32N2O/c1-12(2)19-14-5-6-15(19)10-13(9-14)17(3,4)18-8-7-16(20)11-18/h12-16,20H,5-11H2,1-4H3. The second-order valence-electron chi connectivity index (χ2n) is 8.14. The molecule has 3 heteroatoms. The predicted molar refractivity (Wildman–Crippen MR) is 82.8 cm³/mol. The molecule has 0 aromatic heterocycles. The number of piperidine rings is 1. The lowest BCUT2D eigenvalue weighted by Gasteiger charge is -2.49. The molecule has 3 saturated heterocycles. The van der Waals surface area contributed by atoms with E-state index in [4.69, 9.17) is 0 Å². The fourth-order valence-corrected chi connectivity index (χ4v) is 5.16. The van der Waals surface area contributed by atoms with Gasteiger partial charge in [0.05, 0.1) is 6.10 Å². The normalized spacial score (nSPS) is 39.9. The van der Waals surface area contributed by atoms with Gasteiger partial charge in [-0.2, -0.15) is 0 Å². The number of likely N-dealkylation sites (tertiary alicyclic amines) is 1. The third-order valence-electron chi connectivity index (χ3n) is 6.36. The van der Waals surface area contributed by atoms with E-state index >= 15 is 0 Å². The minimum atomic E-state index is -0.0956. The van der Waals surface area contributed by atoms with Gasteiger partial charge in [0.1, 0.15) is 0 Å². The van der Waals surface area contributed by atoms with Gasteiger partial charge in [0.25, 0.3) is 0 Å². The lowest BCUT2D eigenvalue weighted by molar-refractivity contribution is -0.00390. The first kappa shape index (κ1) is 14.8. The smallest absolute Gasteiger partial charge is 0.0679 e. The molecule has 3 unspecified atom stereocenters. The molecule has 116 valence electrons. The number of hydrogen-bond acceptors (Lipinski definition) is 3. The van der Waals surface area contributed by atoms with Gasteiger partial charge in [-0.25, -0.2) is 0 Å². The van der Waals surface area contributed by atoms with E-state index in [1.807, 2.05) is 0 Å². The summed E-state index contributed by atoms with van der Waals surface area (Å²) in [4.78, 5) is 5.33. The van der Waals surface area contributed by atoms with Crippen LogP contribution < -0.4 is 0 Å². The van der Waals surface area contributed by atoms with Crippen LogP contribution in [0, 0.1) is 5.92 Å². The van der Waals surface area contributed by atoms with Crippen LogP contribution in [0.4, 0.5) is 0 Å². The number of nitrogens with zero attached hydrogens (tertiary/aromatic N) is 2. The topological polar surface area (TPSA) is 26.7 Å². The van der Waals surface area contributed by atoms with Crippen molar-refractivity contribution in [2.45, 2.75) is 89.6 Å². The van der Waals surface area contributed by atoms with Crippen LogP contribution in [-0.4, -0.2) is 57.8 Å². The summed E-state index contributed by atoms with van der Waals surface area (Å²) in [5.74, 6) is 0.792.